The Bertz CT molecular complexity index is 586. The van der Waals surface area contributed by atoms with E-state index in [1.807, 2.05) is 0 Å². The van der Waals surface area contributed by atoms with Crippen LogP contribution < -0.4 is 5.32 Å². The van der Waals surface area contributed by atoms with Crippen LogP contribution in [0.3, 0.4) is 0 Å². The molecule has 122 valence electrons. The van der Waals surface area contributed by atoms with E-state index in [0.717, 1.165) is 38.5 Å². The number of piperidine rings is 1. The third-order valence-electron chi connectivity index (χ3n) is 5.72. The fourth-order valence-corrected chi connectivity index (χ4v) is 4.29. The number of amides is 2. The summed E-state index contributed by atoms with van der Waals surface area (Å²) in [5.74, 6) is 0.624. The van der Waals surface area contributed by atoms with E-state index in [1.54, 1.807) is 24.5 Å². The molecule has 1 saturated carbocycles. The molecule has 5 nitrogen and oxygen atoms in total. The molecular formula is C18H23N3O2. The summed E-state index contributed by atoms with van der Waals surface area (Å²) in [4.78, 5) is 31.0. The van der Waals surface area contributed by atoms with Crippen molar-refractivity contribution < 1.29 is 9.59 Å². The van der Waals surface area contributed by atoms with Crippen molar-refractivity contribution in [3.63, 3.8) is 0 Å². The highest BCUT2D eigenvalue weighted by atomic mass is 16.2. The van der Waals surface area contributed by atoms with Crippen molar-refractivity contribution in [1.82, 2.24) is 15.2 Å². The van der Waals surface area contributed by atoms with Gasteiger partial charge in [0.05, 0.1) is 0 Å². The van der Waals surface area contributed by atoms with Crippen molar-refractivity contribution >= 4 is 11.8 Å². The van der Waals surface area contributed by atoms with Gasteiger partial charge < -0.3 is 10.2 Å². The van der Waals surface area contributed by atoms with E-state index in [1.165, 1.54) is 6.42 Å². The van der Waals surface area contributed by atoms with Gasteiger partial charge in [0.25, 0.3) is 5.91 Å². The van der Waals surface area contributed by atoms with Gasteiger partial charge in [0.2, 0.25) is 5.91 Å². The number of hydrogen-bond donors (Lipinski definition) is 1. The van der Waals surface area contributed by atoms with Crippen LogP contribution in [0.25, 0.3) is 0 Å². The highest BCUT2D eigenvalue weighted by molar-refractivity contribution is 5.94. The lowest BCUT2D eigenvalue weighted by atomic mass is 9.83. The number of pyridine rings is 1. The third-order valence-corrected chi connectivity index (χ3v) is 5.72. The molecule has 1 unspecified atom stereocenters. The molecule has 3 heterocycles. The van der Waals surface area contributed by atoms with E-state index in [0.29, 0.717) is 23.6 Å². The molecule has 5 heteroatoms. The van der Waals surface area contributed by atoms with E-state index in [-0.39, 0.29) is 17.9 Å². The van der Waals surface area contributed by atoms with E-state index in [2.05, 4.69) is 15.2 Å². The average molecular weight is 313 g/mol. The van der Waals surface area contributed by atoms with Gasteiger partial charge >= 0.3 is 0 Å². The molecule has 2 aliphatic heterocycles. The van der Waals surface area contributed by atoms with Crippen LogP contribution in [0.4, 0.5) is 0 Å². The first-order chi connectivity index (χ1) is 11.2. The summed E-state index contributed by atoms with van der Waals surface area (Å²) >= 11 is 0. The fourth-order valence-electron chi connectivity index (χ4n) is 4.29. The molecule has 23 heavy (non-hydrogen) atoms. The minimum Gasteiger partial charge on any atom is -0.349 e. The standard InChI is InChI=1S/C18H23N3O2/c22-17(12-6-8-19-9-7-12)20-14-10-15-4-5-16(11-14)21(15)18(23)13-2-1-3-13/h6-9,13-16H,1-5,10-11H2,(H,20,22)/t14?,15-,16+. The summed E-state index contributed by atoms with van der Waals surface area (Å²) < 4.78 is 0. The highest BCUT2D eigenvalue weighted by Crippen LogP contribution is 2.39. The monoisotopic (exact) mass is 313 g/mol. The molecule has 2 saturated heterocycles. The van der Waals surface area contributed by atoms with Crippen molar-refractivity contribution in [3.8, 4) is 0 Å². The van der Waals surface area contributed by atoms with Gasteiger partial charge in [-0.25, -0.2) is 0 Å². The SMILES string of the molecule is O=C(NC1C[C@H]2CC[C@@H](C1)N2C(=O)C1CCC1)c1ccncc1. The summed E-state index contributed by atoms with van der Waals surface area (Å²) in [5.41, 5.74) is 0.653. The molecule has 0 spiro atoms. The lowest BCUT2D eigenvalue weighted by Crippen LogP contribution is -2.54. The van der Waals surface area contributed by atoms with Gasteiger partial charge in [0.1, 0.15) is 0 Å². The lowest BCUT2D eigenvalue weighted by Gasteiger charge is -2.42. The van der Waals surface area contributed by atoms with Crippen LogP contribution in [0.1, 0.15) is 55.3 Å². The Balaban J connectivity index is 1.39. The maximum absolute atomic E-state index is 12.6. The molecule has 3 fully saturated rings. The second-order valence-electron chi connectivity index (χ2n) is 7.14. The number of rotatable bonds is 3. The topological polar surface area (TPSA) is 62.3 Å². The molecule has 3 aliphatic rings. The first-order valence-corrected chi connectivity index (χ1v) is 8.75. The molecule has 1 aromatic rings. The quantitative estimate of drug-likeness (QED) is 0.930. The van der Waals surface area contributed by atoms with Gasteiger partial charge in [-0.15, -0.1) is 0 Å². The highest BCUT2D eigenvalue weighted by Gasteiger charge is 2.45. The predicted molar refractivity (Wildman–Crippen MR) is 85.7 cm³/mol. The summed E-state index contributed by atoms with van der Waals surface area (Å²) in [7, 11) is 0. The second-order valence-corrected chi connectivity index (χ2v) is 7.14. The summed E-state index contributed by atoms with van der Waals surface area (Å²) in [5, 5.41) is 3.15. The number of carbonyl (C=O) groups excluding carboxylic acids is 2. The molecule has 0 radical (unpaired) electrons. The molecular weight excluding hydrogens is 290 g/mol. The van der Waals surface area contributed by atoms with Crippen molar-refractivity contribution in [2.75, 3.05) is 0 Å². The van der Waals surface area contributed by atoms with E-state index < -0.39 is 0 Å². The Labute approximate surface area is 136 Å². The normalized spacial score (nSPS) is 29.9. The lowest BCUT2D eigenvalue weighted by molar-refractivity contribution is -0.143. The summed E-state index contributed by atoms with van der Waals surface area (Å²) in [6.45, 7) is 0. The van der Waals surface area contributed by atoms with Crippen LogP contribution in [-0.4, -0.2) is 39.8 Å². The molecule has 1 aromatic heterocycles. The van der Waals surface area contributed by atoms with Crippen LogP contribution in [0.2, 0.25) is 0 Å². The van der Waals surface area contributed by atoms with Crippen molar-refractivity contribution in [3.05, 3.63) is 30.1 Å². The number of nitrogens with one attached hydrogen (secondary N) is 1. The van der Waals surface area contributed by atoms with Gasteiger partial charge in [-0.1, -0.05) is 6.42 Å². The van der Waals surface area contributed by atoms with Gasteiger partial charge in [0, 0.05) is 42.0 Å². The Hall–Kier alpha value is -1.91. The van der Waals surface area contributed by atoms with Gasteiger partial charge in [-0.3, -0.25) is 14.6 Å². The van der Waals surface area contributed by atoms with Crippen LogP contribution in [0, 0.1) is 5.92 Å². The van der Waals surface area contributed by atoms with Gasteiger partial charge in [-0.05, 0) is 50.7 Å². The average Bonchev–Trinajstić information content (AvgIpc) is 2.78. The fraction of sp³-hybridized carbons (Fsp3) is 0.611. The first kappa shape index (κ1) is 14.7. The van der Waals surface area contributed by atoms with Crippen LogP contribution in [0.15, 0.2) is 24.5 Å². The second kappa shape index (κ2) is 5.95. The molecule has 1 aliphatic carbocycles. The Kier molecular flexibility index (Phi) is 3.79. The van der Waals surface area contributed by atoms with Crippen molar-refractivity contribution in [2.24, 2.45) is 5.92 Å². The van der Waals surface area contributed by atoms with Gasteiger partial charge in [-0.2, -0.15) is 0 Å². The van der Waals surface area contributed by atoms with E-state index in [9.17, 15) is 9.59 Å². The number of carbonyl (C=O) groups is 2. The molecule has 2 amide bonds. The molecule has 4 rings (SSSR count). The number of fused-ring (bicyclic) bond motifs is 2. The van der Waals surface area contributed by atoms with Gasteiger partial charge in [0.15, 0.2) is 0 Å². The number of aromatic nitrogens is 1. The van der Waals surface area contributed by atoms with E-state index >= 15 is 0 Å². The molecule has 3 atom stereocenters. The maximum atomic E-state index is 12.6. The number of hydrogen-bond acceptors (Lipinski definition) is 3. The van der Waals surface area contributed by atoms with Crippen LogP contribution >= 0.6 is 0 Å². The minimum atomic E-state index is -0.0319. The summed E-state index contributed by atoms with van der Waals surface area (Å²) in [6, 6.07) is 4.30. The zero-order valence-electron chi connectivity index (χ0n) is 13.3. The number of nitrogens with zero attached hydrogens (tertiary/aromatic N) is 2. The zero-order valence-corrected chi connectivity index (χ0v) is 13.3. The van der Waals surface area contributed by atoms with Crippen molar-refractivity contribution in [1.29, 1.82) is 0 Å². The Morgan fingerprint density at radius 1 is 1.04 bits per heavy atom. The largest absolute Gasteiger partial charge is 0.349 e. The Morgan fingerprint density at radius 3 is 2.26 bits per heavy atom. The van der Waals surface area contributed by atoms with Crippen LogP contribution in [0.5, 0.6) is 0 Å². The smallest absolute Gasteiger partial charge is 0.251 e. The molecule has 1 N–H and O–H groups in total. The Morgan fingerprint density at radius 2 is 1.70 bits per heavy atom. The predicted octanol–water partition coefficient (Wildman–Crippen LogP) is 2.13. The maximum Gasteiger partial charge on any atom is 0.251 e. The van der Waals surface area contributed by atoms with E-state index in [4.69, 9.17) is 0 Å². The molecule has 2 bridgehead atoms. The molecule has 0 aromatic carbocycles. The van der Waals surface area contributed by atoms with Crippen LogP contribution in [-0.2, 0) is 4.79 Å². The minimum absolute atomic E-state index is 0.0319. The first-order valence-electron chi connectivity index (χ1n) is 8.75. The third kappa shape index (κ3) is 2.73. The summed E-state index contributed by atoms with van der Waals surface area (Å²) in [6.07, 6.45) is 10.6. The van der Waals surface area contributed by atoms with Crippen molar-refractivity contribution in [2.45, 2.75) is 63.1 Å². The zero-order chi connectivity index (χ0) is 15.8.